The fraction of sp³-hybridized carbons (Fsp3) is 0.800. The molecular weight excluding hydrogens is 198 g/mol. The van der Waals surface area contributed by atoms with E-state index in [0.29, 0.717) is 0 Å². The lowest BCUT2D eigenvalue weighted by Crippen LogP contribution is -2.27. The van der Waals surface area contributed by atoms with Crippen LogP contribution >= 0.6 is 12.6 Å². The number of likely N-dealkylation sites (tertiary alicyclic amines) is 1. The van der Waals surface area contributed by atoms with E-state index in [1.165, 1.54) is 0 Å². The van der Waals surface area contributed by atoms with Gasteiger partial charge in [0, 0.05) is 39.6 Å². The lowest BCUT2D eigenvalue weighted by molar-refractivity contribution is -0.00461. The predicted octanol–water partition coefficient (Wildman–Crippen LogP) is 0.818. The summed E-state index contributed by atoms with van der Waals surface area (Å²) in [6.07, 6.45) is 0.375. The molecular formula is C10H19NO2S. The first-order valence-corrected chi connectivity index (χ1v) is 5.40. The van der Waals surface area contributed by atoms with Crippen molar-refractivity contribution in [1.82, 2.24) is 4.90 Å². The van der Waals surface area contributed by atoms with Crippen molar-refractivity contribution in [1.29, 1.82) is 0 Å². The third-order valence-corrected chi connectivity index (χ3v) is 3.01. The van der Waals surface area contributed by atoms with Crippen LogP contribution in [0.3, 0.4) is 0 Å². The largest absolute Gasteiger partial charge is 0.377 e. The van der Waals surface area contributed by atoms with Gasteiger partial charge in [0.15, 0.2) is 0 Å². The summed E-state index contributed by atoms with van der Waals surface area (Å²) in [4.78, 5) is 2.29. The Morgan fingerprint density at radius 2 is 1.86 bits per heavy atom. The molecule has 1 heterocycles. The zero-order valence-corrected chi connectivity index (χ0v) is 9.80. The van der Waals surface area contributed by atoms with E-state index in [1.807, 2.05) is 0 Å². The summed E-state index contributed by atoms with van der Waals surface area (Å²) in [6, 6.07) is 0. The maximum atomic E-state index is 5.34. The van der Waals surface area contributed by atoms with Crippen molar-refractivity contribution >= 4 is 12.6 Å². The summed E-state index contributed by atoms with van der Waals surface area (Å²) in [7, 11) is 3.46. The Hall–Kier alpha value is -0.0300. The molecule has 0 radical (unpaired) electrons. The Bertz CT molecular complexity index is 187. The highest BCUT2D eigenvalue weighted by molar-refractivity contribution is 7.80. The molecule has 1 rings (SSSR count). The van der Waals surface area contributed by atoms with E-state index in [-0.39, 0.29) is 12.2 Å². The van der Waals surface area contributed by atoms with Gasteiger partial charge in [-0.2, -0.15) is 12.6 Å². The summed E-state index contributed by atoms with van der Waals surface area (Å²) in [5, 5.41) is 0. The van der Waals surface area contributed by atoms with Crippen LogP contribution in [0.5, 0.6) is 0 Å². The van der Waals surface area contributed by atoms with Crippen LogP contribution in [0.15, 0.2) is 12.2 Å². The van der Waals surface area contributed by atoms with E-state index < -0.39 is 0 Å². The number of thiol groups is 1. The van der Waals surface area contributed by atoms with Gasteiger partial charge in [0.1, 0.15) is 0 Å². The van der Waals surface area contributed by atoms with Gasteiger partial charge >= 0.3 is 0 Å². The van der Waals surface area contributed by atoms with Crippen LogP contribution in [-0.2, 0) is 9.47 Å². The van der Waals surface area contributed by atoms with E-state index in [0.717, 1.165) is 31.0 Å². The van der Waals surface area contributed by atoms with Gasteiger partial charge in [0.25, 0.3) is 0 Å². The molecule has 2 unspecified atom stereocenters. The van der Waals surface area contributed by atoms with Crippen molar-refractivity contribution in [2.75, 3.05) is 39.6 Å². The Kier molecular flexibility index (Phi) is 4.95. The van der Waals surface area contributed by atoms with Crippen LogP contribution in [0.4, 0.5) is 0 Å². The molecule has 1 aliphatic rings. The third-order valence-electron chi connectivity index (χ3n) is 2.57. The van der Waals surface area contributed by atoms with Gasteiger partial charge in [-0.1, -0.05) is 12.2 Å². The minimum atomic E-state index is 0.188. The Morgan fingerprint density at radius 1 is 1.36 bits per heavy atom. The van der Waals surface area contributed by atoms with Crippen LogP contribution in [0.2, 0.25) is 0 Å². The van der Waals surface area contributed by atoms with Crippen molar-refractivity contribution in [2.24, 2.45) is 0 Å². The molecule has 1 fully saturated rings. The minimum absolute atomic E-state index is 0.188. The van der Waals surface area contributed by atoms with Gasteiger partial charge in [-0.25, -0.2) is 0 Å². The molecule has 0 aromatic heterocycles. The monoisotopic (exact) mass is 217 g/mol. The molecule has 4 heteroatoms. The van der Waals surface area contributed by atoms with Crippen LogP contribution in [0, 0.1) is 0 Å². The SMILES string of the molecule is C=C(CS)CN1CC(OC)C(OC)C1. The predicted molar refractivity (Wildman–Crippen MR) is 61.0 cm³/mol. The molecule has 1 saturated heterocycles. The lowest BCUT2D eigenvalue weighted by Gasteiger charge is -2.15. The second-order valence-electron chi connectivity index (χ2n) is 3.65. The highest BCUT2D eigenvalue weighted by Gasteiger charge is 2.32. The van der Waals surface area contributed by atoms with Crippen molar-refractivity contribution in [3.05, 3.63) is 12.2 Å². The van der Waals surface area contributed by atoms with Gasteiger partial charge < -0.3 is 9.47 Å². The first-order chi connectivity index (χ1) is 6.71. The Balaban J connectivity index is 2.40. The summed E-state index contributed by atoms with van der Waals surface area (Å²) in [6.45, 7) is 6.67. The van der Waals surface area contributed by atoms with Crippen LogP contribution in [0.1, 0.15) is 0 Å². The number of nitrogens with zero attached hydrogens (tertiary/aromatic N) is 1. The standard InChI is InChI=1S/C10H19NO2S/c1-8(7-14)4-11-5-9(12-2)10(6-11)13-3/h9-10,14H,1,4-7H2,2-3H3. The fourth-order valence-electron chi connectivity index (χ4n) is 1.77. The smallest absolute Gasteiger partial charge is 0.0971 e. The maximum Gasteiger partial charge on any atom is 0.0971 e. The zero-order chi connectivity index (χ0) is 10.6. The number of methoxy groups -OCH3 is 2. The number of hydrogen-bond donors (Lipinski definition) is 1. The van der Waals surface area contributed by atoms with Gasteiger partial charge in [-0.05, 0) is 0 Å². The summed E-state index contributed by atoms with van der Waals surface area (Å²) in [5.74, 6) is 0.742. The van der Waals surface area contributed by atoms with Crippen LogP contribution in [-0.4, -0.2) is 56.7 Å². The van der Waals surface area contributed by atoms with Crippen molar-refractivity contribution in [3.8, 4) is 0 Å². The van der Waals surface area contributed by atoms with Crippen LogP contribution < -0.4 is 0 Å². The average Bonchev–Trinajstić information content (AvgIpc) is 2.59. The van der Waals surface area contributed by atoms with Gasteiger partial charge in [-0.3, -0.25) is 4.90 Å². The zero-order valence-electron chi connectivity index (χ0n) is 8.90. The fourth-order valence-corrected chi connectivity index (χ4v) is 1.87. The normalized spacial score (nSPS) is 28.2. The topological polar surface area (TPSA) is 21.7 Å². The Labute approximate surface area is 91.5 Å². The Morgan fingerprint density at radius 3 is 2.21 bits per heavy atom. The summed E-state index contributed by atoms with van der Waals surface area (Å²) < 4.78 is 10.7. The molecule has 1 aliphatic heterocycles. The molecule has 0 bridgehead atoms. The molecule has 82 valence electrons. The lowest BCUT2D eigenvalue weighted by atomic mass is 10.3. The maximum absolute atomic E-state index is 5.34. The van der Waals surface area contributed by atoms with E-state index in [2.05, 4.69) is 24.1 Å². The second-order valence-corrected chi connectivity index (χ2v) is 3.97. The molecule has 0 spiro atoms. The highest BCUT2D eigenvalue weighted by atomic mass is 32.1. The van der Waals surface area contributed by atoms with E-state index >= 15 is 0 Å². The van der Waals surface area contributed by atoms with Crippen molar-refractivity contribution < 1.29 is 9.47 Å². The first-order valence-electron chi connectivity index (χ1n) is 4.76. The summed E-state index contributed by atoms with van der Waals surface area (Å²) >= 11 is 4.19. The van der Waals surface area contributed by atoms with Crippen molar-refractivity contribution in [2.45, 2.75) is 12.2 Å². The first kappa shape index (κ1) is 12.0. The molecule has 14 heavy (non-hydrogen) atoms. The highest BCUT2D eigenvalue weighted by Crippen LogP contribution is 2.16. The molecule has 0 aromatic rings. The molecule has 0 aliphatic carbocycles. The molecule has 0 aromatic carbocycles. The number of ether oxygens (including phenoxy) is 2. The average molecular weight is 217 g/mol. The number of rotatable bonds is 5. The van der Waals surface area contributed by atoms with E-state index in [4.69, 9.17) is 9.47 Å². The quantitative estimate of drug-likeness (QED) is 0.544. The molecule has 0 saturated carbocycles. The van der Waals surface area contributed by atoms with Gasteiger partial charge in [0.05, 0.1) is 12.2 Å². The summed E-state index contributed by atoms with van der Waals surface area (Å²) in [5.41, 5.74) is 1.14. The third kappa shape index (κ3) is 2.98. The van der Waals surface area contributed by atoms with Gasteiger partial charge in [-0.15, -0.1) is 0 Å². The molecule has 0 N–H and O–H groups in total. The molecule has 3 nitrogen and oxygen atoms in total. The minimum Gasteiger partial charge on any atom is -0.377 e. The van der Waals surface area contributed by atoms with Crippen molar-refractivity contribution in [3.63, 3.8) is 0 Å². The molecule has 2 atom stereocenters. The van der Waals surface area contributed by atoms with Crippen LogP contribution in [0.25, 0.3) is 0 Å². The number of hydrogen-bond acceptors (Lipinski definition) is 4. The second kappa shape index (κ2) is 5.75. The van der Waals surface area contributed by atoms with E-state index in [9.17, 15) is 0 Å². The molecule has 0 amide bonds. The van der Waals surface area contributed by atoms with Gasteiger partial charge in [0.2, 0.25) is 0 Å². The van der Waals surface area contributed by atoms with E-state index in [1.54, 1.807) is 14.2 Å².